The molecular weight excluding hydrogens is 440 g/mol. The minimum Gasteiger partial charge on any atom is -0.486 e. The smallest absolute Gasteiger partial charge is 0.344 e. The van der Waals surface area contributed by atoms with Crippen molar-refractivity contribution in [1.82, 2.24) is 20.1 Å². The highest BCUT2D eigenvalue weighted by atomic mass is 32.2. The Hall–Kier alpha value is -3.20. The Morgan fingerprint density at radius 1 is 1.09 bits per heavy atom. The van der Waals surface area contributed by atoms with Crippen molar-refractivity contribution in [2.45, 2.75) is 42.9 Å². The number of hydrogen-bond donors (Lipinski definition) is 2. The van der Waals surface area contributed by atoms with E-state index in [1.165, 1.54) is 11.8 Å². The summed E-state index contributed by atoms with van der Waals surface area (Å²) < 4.78 is 13.0. The zero-order chi connectivity index (χ0) is 22.7. The third-order valence-electron chi connectivity index (χ3n) is 6.17. The first kappa shape index (κ1) is 21.6. The highest BCUT2D eigenvalue weighted by Crippen LogP contribution is 2.42. The van der Waals surface area contributed by atoms with Crippen LogP contribution >= 0.6 is 11.8 Å². The molecule has 0 atom stereocenters. The molecule has 2 N–H and O–H groups in total. The van der Waals surface area contributed by atoms with Gasteiger partial charge in [0.1, 0.15) is 13.2 Å². The second-order valence-electron chi connectivity index (χ2n) is 8.37. The third-order valence-corrected chi connectivity index (χ3v) is 7.15. The molecule has 9 heteroatoms. The van der Waals surface area contributed by atoms with Crippen LogP contribution in [0, 0.1) is 0 Å². The monoisotopic (exact) mass is 466 g/mol. The number of ether oxygens (including phenoxy) is 2. The van der Waals surface area contributed by atoms with Crippen molar-refractivity contribution in [1.29, 1.82) is 0 Å². The van der Waals surface area contributed by atoms with Crippen molar-refractivity contribution >= 4 is 17.7 Å². The van der Waals surface area contributed by atoms with Crippen LogP contribution in [0.1, 0.15) is 36.8 Å². The molecular formula is C24H26N4O4S. The molecule has 1 aliphatic carbocycles. The van der Waals surface area contributed by atoms with Gasteiger partial charge in [-0.1, -0.05) is 61.0 Å². The second-order valence-corrected chi connectivity index (χ2v) is 9.31. The van der Waals surface area contributed by atoms with Crippen LogP contribution in [0.15, 0.2) is 58.5 Å². The molecule has 1 aliphatic heterocycles. The number of fused-ring (bicyclic) bond motifs is 1. The van der Waals surface area contributed by atoms with Crippen LogP contribution in [0.2, 0.25) is 0 Å². The highest BCUT2D eigenvalue weighted by molar-refractivity contribution is 7.99. The molecule has 1 saturated carbocycles. The van der Waals surface area contributed by atoms with Crippen molar-refractivity contribution in [2.75, 3.05) is 19.0 Å². The fourth-order valence-electron chi connectivity index (χ4n) is 4.56. The summed E-state index contributed by atoms with van der Waals surface area (Å²) in [5.74, 6) is 1.56. The standard InChI is InChI=1S/C24H26N4O4S/c29-21(16-33-23-27-26-22(30)28(23)15-17-6-2-1-3-7-17)25-24(10-4-5-11-24)18-8-9-19-20(14-18)32-13-12-31-19/h1-3,6-9,14H,4-5,10-13,15-16H2,(H,25,29)(H,26,30). The average Bonchev–Trinajstić information content (AvgIpc) is 3.46. The molecule has 1 aromatic heterocycles. The first-order valence-corrected chi connectivity index (χ1v) is 12.1. The Balaban J connectivity index is 1.28. The lowest BCUT2D eigenvalue weighted by atomic mass is 9.87. The van der Waals surface area contributed by atoms with Crippen LogP contribution in [0.3, 0.4) is 0 Å². The van der Waals surface area contributed by atoms with Gasteiger partial charge in [-0.05, 0) is 36.1 Å². The Bertz CT molecular complexity index is 1180. The van der Waals surface area contributed by atoms with E-state index in [9.17, 15) is 9.59 Å². The molecule has 0 bridgehead atoms. The van der Waals surface area contributed by atoms with E-state index in [1.807, 2.05) is 48.5 Å². The highest BCUT2D eigenvalue weighted by Gasteiger charge is 2.38. The van der Waals surface area contributed by atoms with Crippen molar-refractivity contribution in [3.63, 3.8) is 0 Å². The van der Waals surface area contributed by atoms with Gasteiger partial charge in [-0.25, -0.2) is 9.89 Å². The van der Waals surface area contributed by atoms with Gasteiger partial charge in [0.25, 0.3) is 0 Å². The number of nitrogens with zero attached hydrogens (tertiary/aromatic N) is 2. The van der Waals surface area contributed by atoms with Crippen LogP contribution in [0.5, 0.6) is 11.5 Å². The molecule has 2 aliphatic rings. The molecule has 0 saturated heterocycles. The van der Waals surface area contributed by atoms with Crippen LogP contribution in [-0.2, 0) is 16.9 Å². The number of carbonyl (C=O) groups excluding carboxylic acids is 1. The summed E-state index contributed by atoms with van der Waals surface area (Å²) >= 11 is 1.26. The van der Waals surface area contributed by atoms with Gasteiger partial charge in [0, 0.05) is 0 Å². The summed E-state index contributed by atoms with van der Waals surface area (Å²) in [6, 6.07) is 15.7. The van der Waals surface area contributed by atoms with E-state index in [2.05, 4.69) is 15.5 Å². The number of rotatable bonds is 7. The zero-order valence-electron chi connectivity index (χ0n) is 18.2. The number of aromatic amines is 1. The molecule has 33 heavy (non-hydrogen) atoms. The van der Waals surface area contributed by atoms with Gasteiger partial charge < -0.3 is 14.8 Å². The van der Waals surface area contributed by atoms with Gasteiger partial charge in [0.05, 0.1) is 17.8 Å². The van der Waals surface area contributed by atoms with E-state index >= 15 is 0 Å². The number of benzene rings is 2. The quantitative estimate of drug-likeness (QED) is 0.520. The minimum atomic E-state index is -0.414. The fraction of sp³-hybridized carbons (Fsp3) is 0.375. The number of amides is 1. The normalized spacial score (nSPS) is 16.5. The zero-order valence-corrected chi connectivity index (χ0v) is 19.0. The summed E-state index contributed by atoms with van der Waals surface area (Å²) in [6.07, 6.45) is 3.87. The first-order valence-electron chi connectivity index (χ1n) is 11.2. The van der Waals surface area contributed by atoms with Gasteiger partial charge in [-0.2, -0.15) is 0 Å². The molecule has 3 aromatic rings. The number of thioether (sulfide) groups is 1. The van der Waals surface area contributed by atoms with E-state index in [1.54, 1.807) is 4.57 Å². The summed E-state index contributed by atoms with van der Waals surface area (Å²) in [5.41, 5.74) is 1.34. The second kappa shape index (κ2) is 9.35. The van der Waals surface area contributed by atoms with Gasteiger partial charge in [0.2, 0.25) is 5.91 Å². The van der Waals surface area contributed by atoms with E-state index in [0.717, 1.165) is 48.3 Å². The lowest BCUT2D eigenvalue weighted by Gasteiger charge is -2.32. The molecule has 5 rings (SSSR count). The van der Waals surface area contributed by atoms with Crippen LogP contribution in [0.25, 0.3) is 0 Å². The molecule has 0 spiro atoms. The van der Waals surface area contributed by atoms with E-state index < -0.39 is 5.54 Å². The topological polar surface area (TPSA) is 98.2 Å². The maximum atomic E-state index is 13.0. The number of aromatic nitrogens is 3. The Morgan fingerprint density at radius 2 is 1.85 bits per heavy atom. The SMILES string of the molecule is O=C(CSc1n[nH]c(=O)n1Cc1ccccc1)NC1(c2ccc3c(c2)OCCO3)CCCC1. The van der Waals surface area contributed by atoms with Crippen molar-refractivity contribution in [3.05, 3.63) is 70.1 Å². The first-order chi connectivity index (χ1) is 16.1. The number of H-pyrrole nitrogens is 1. The van der Waals surface area contributed by atoms with Crippen molar-refractivity contribution in [2.24, 2.45) is 0 Å². The van der Waals surface area contributed by atoms with Gasteiger partial charge in [-0.3, -0.25) is 9.36 Å². The van der Waals surface area contributed by atoms with E-state index in [-0.39, 0.29) is 17.3 Å². The van der Waals surface area contributed by atoms with Crippen LogP contribution in [-0.4, -0.2) is 39.6 Å². The van der Waals surface area contributed by atoms with E-state index in [0.29, 0.717) is 24.9 Å². The van der Waals surface area contributed by atoms with Gasteiger partial charge in [-0.15, -0.1) is 5.10 Å². The van der Waals surface area contributed by atoms with Gasteiger partial charge in [0.15, 0.2) is 16.7 Å². The van der Waals surface area contributed by atoms with Crippen molar-refractivity contribution < 1.29 is 14.3 Å². The predicted molar refractivity (Wildman–Crippen MR) is 125 cm³/mol. The molecule has 8 nitrogen and oxygen atoms in total. The largest absolute Gasteiger partial charge is 0.486 e. The number of carbonyl (C=O) groups is 1. The van der Waals surface area contributed by atoms with E-state index in [4.69, 9.17) is 9.47 Å². The summed E-state index contributed by atoms with van der Waals surface area (Å²) in [4.78, 5) is 25.2. The number of nitrogens with one attached hydrogen (secondary N) is 2. The van der Waals surface area contributed by atoms with Crippen LogP contribution < -0.4 is 20.5 Å². The average molecular weight is 467 g/mol. The maximum Gasteiger partial charge on any atom is 0.344 e. The predicted octanol–water partition coefficient (Wildman–Crippen LogP) is 3.07. The maximum absolute atomic E-state index is 13.0. The summed E-state index contributed by atoms with van der Waals surface area (Å²) in [7, 11) is 0. The fourth-order valence-corrected chi connectivity index (χ4v) is 5.30. The summed E-state index contributed by atoms with van der Waals surface area (Å²) in [6.45, 7) is 1.48. The van der Waals surface area contributed by atoms with Crippen LogP contribution in [0.4, 0.5) is 0 Å². The Labute approximate surface area is 195 Å². The summed E-state index contributed by atoms with van der Waals surface area (Å²) in [5, 5.41) is 10.4. The van der Waals surface area contributed by atoms with Crippen molar-refractivity contribution in [3.8, 4) is 11.5 Å². The molecule has 2 heterocycles. The molecule has 1 fully saturated rings. The molecule has 2 aromatic carbocycles. The minimum absolute atomic E-state index is 0.0847. The third kappa shape index (κ3) is 4.64. The molecule has 172 valence electrons. The number of hydrogen-bond acceptors (Lipinski definition) is 6. The van der Waals surface area contributed by atoms with Gasteiger partial charge >= 0.3 is 5.69 Å². The Morgan fingerprint density at radius 3 is 2.64 bits per heavy atom. The molecule has 0 unspecified atom stereocenters. The molecule has 1 amide bonds. The lowest BCUT2D eigenvalue weighted by Crippen LogP contribution is -2.44. The Kier molecular flexibility index (Phi) is 6.13. The lowest BCUT2D eigenvalue weighted by molar-refractivity contribution is -0.120. The molecule has 0 radical (unpaired) electrons.